The van der Waals surface area contributed by atoms with E-state index in [4.69, 9.17) is 4.74 Å². The topological polar surface area (TPSA) is 58.6 Å². The van der Waals surface area contributed by atoms with Crippen molar-refractivity contribution in [2.24, 2.45) is 0 Å². The normalized spacial score (nSPS) is 18.7. The fraction of sp³-hybridized carbons (Fsp3) is 0.333. The zero-order valence-electron chi connectivity index (χ0n) is 11.9. The molecule has 0 radical (unpaired) electrons. The lowest BCUT2D eigenvalue weighted by molar-refractivity contribution is -0.139. The van der Waals surface area contributed by atoms with Gasteiger partial charge in [0.15, 0.2) is 11.6 Å². The summed E-state index contributed by atoms with van der Waals surface area (Å²) >= 11 is 0. The molecular weight excluding hydrogens is 275 g/mol. The van der Waals surface area contributed by atoms with Crippen LogP contribution in [0.5, 0.6) is 5.75 Å². The lowest BCUT2D eigenvalue weighted by atomic mass is 10.1. The summed E-state index contributed by atoms with van der Waals surface area (Å²) < 4.78 is 18.4. The molecule has 112 valence electrons. The number of carbonyl (C=O) groups is 2. The van der Waals surface area contributed by atoms with Crippen molar-refractivity contribution in [2.75, 3.05) is 20.2 Å². The van der Waals surface area contributed by atoms with Gasteiger partial charge in [0.2, 0.25) is 11.8 Å². The van der Waals surface area contributed by atoms with Gasteiger partial charge >= 0.3 is 0 Å². The molecule has 5 nitrogen and oxygen atoms in total. The molecule has 1 unspecified atom stereocenters. The van der Waals surface area contributed by atoms with Crippen molar-refractivity contribution in [3.8, 4) is 5.75 Å². The maximum absolute atomic E-state index is 13.5. The monoisotopic (exact) mass is 292 g/mol. The SMILES string of the molecule is COc1ccc(C=CC(=O)N2CCNC(=O)C2C)cc1F. The number of rotatable bonds is 3. The number of hydrogen-bond donors (Lipinski definition) is 1. The number of halogens is 1. The molecule has 2 rings (SSSR count). The van der Waals surface area contributed by atoms with E-state index in [1.165, 1.54) is 36.3 Å². The maximum Gasteiger partial charge on any atom is 0.247 e. The largest absolute Gasteiger partial charge is 0.494 e. The summed E-state index contributed by atoms with van der Waals surface area (Å²) in [5.41, 5.74) is 0.552. The van der Waals surface area contributed by atoms with E-state index in [2.05, 4.69) is 5.32 Å². The van der Waals surface area contributed by atoms with Gasteiger partial charge in [0, 0.05) is 19.2 Å². The number of hydrogen-bond acceptors (Lipinski definition) is 3. The number of nitrogens with one attached hydrogen (secondary N) is 1. The Morgan fingerprint density at radius 3 is 2.95 bits per heavy atom. The molecule has 1 aromatic rings. The number of methoxy groups -OCH3 is 1. The van der Waals surface area contributed by atoms with Crippen molar-refractivity contribution < 1.29 is 18.7 Å². The summed E-state index contributed by atoms with van der Waals surface area (Å²) in [5, 5.41) is 2.69. The van der Waals surface area contributed by atoms with Crippen LogP contribution in [-0.2, 0) is 9.59 Å². The Bertz CT molecular complexity index is 586. The first-order chi connectivity index (χ1) is 10.0. The third-order valence-corrected chi connectivity index (χ3v) is 3.38. The van der Waals surface area contributed by atoms with Crippen molar-refractivity contribution in [1.82, 2.24) is 10.2 Å². The van der Waals surface area contributed by atoms with Crippen LogP contribution in [0.3, 0.4) is 0 Å². The highest BCUT2D eigenvalue weighted by atomic mass is 19.1. The fourth-order valence-corrected chi connectivity index (χ4v) is 2.13. The van der Waals surface area contributed by atoms with Crippen molar-refractivity contribution >= 4 is 17.9 Å². The molecule has 21 heavy (non-hydrogen) atoms. The van der Waals surface area contributed by atoms with Gasteiger partial charge in [-0.3, -0.25) is 9.59 Å². The Balaban J connectivity index is 2.08. The first-order valence-electron chi connectivity index (χ1n) is 6.63. The predicted octanol–water partition coefficient (Wildman–Crippen LogP) is 1.19. The van der Waals surface area contributed by atoms with Gasteiger partial charge in [-0.05, 0) is 30.7 Å². The molecule has 6 heteroatoms. The minimum Gasteiger partial charge on any atom is -0.494 e. The molecule has 0 bridgehead atoms. The Hall–Kier alpha value is -2.37. The van der Waals surface area contributed by atoms with E-state index in [1.807, 2.05) is 0 Å². The highest BCUT2D eigenvalue weighted by molar-refractivity contribution is 5.96. The molecule has 1 fully saturated rings. The quantitative estimate of drug-likeness (QED) is 0.852. The number of benzene rings is 1. The van der Waals surface area contributed by atoms with Crippen molar-refractivity contribution in [3.63, 3.8) is 0 Å². The third-order valence-electron chi connectivity index (χ3n) is 3.38. The molecule has 1 aliphatic rings. The Kier molecular flexibility index (Phi) is 4.57. The number of ether oxygens (including phenoxy) is 1. The molecule has 1 aliphatic heterocycles. The second kappa shape index (κ2) is 6.39. The molecule has 1 aromatic carbocycles. The zero-order valence-corrected chi connectivity index (χ0v) is 11.9. The maximum atomic E-state index is 13.5. The summed E-state index contributed by atoms with van der Waals surface area (Å²) in [5.74, 6) is -0.773. The van der Waals surface area contributed by atoms with Crippen LogP contribution < -0.4 is 10.1 Å². The van der Waals surface area contributed by atoms with Gasteiger partial charge in [0.1, 0.15) is 6.04 Å². The van der Waals surface area contributed by atoms with Crippen molar-refractivity contribution in [2.45, 2.75) is 13.0 Å². The van der Waals surface area contributed by atoms with E-state index in [9.17, 15) is 14.0 Å². The first kappa shape index (κ1) is 15.0. The number of piperazine rings is 1. The van der Waals surface area contributed by atoms with E-state index in [-0.39, 0.29) is 17.6 Å². The highest BCUT2D eigenvalue weighted by Crippen LogP contribution is 2.18. The van der Waals surface area contributed by atoms with Gasteiger partial charge in [-0.2, -0.15) is 0 Å². The summed E-state index contributed by atoms with van der Waals surface area (Å²) in [6.07, 6.45) is 2.86. The summed E-state index contributed by atoms with van der Waals surface area (Å²) in [6.45, 7) is 2.58. The fourth-order valence-electron chi connectivity index (χ4n) is 2.13. The van der Waals surface area contributed by atoms with E-state index in [0.717, 1.165) is 0 Å². The number of amides is 2. The van der Waals surface area contributed by atoms with Gasteiger partial charge < -0.3 is 15.0 Å². The van der Waals surface area contributed by atoms with Crippen LogP contribution in [-0.4, -0.2) is 43.0 Å². The molecule has 0 saturated carbocycles. The van der Waals surface area contributed by atoms with Gasteiger partial charge in [0.05, 0.1) is 7.11 Å². The minimum absolute atomic E-state index is 0.153. The van der Waals surface area contributed by atoms with Crippen LogP contribution in [0.2, 0.25) is 0 Å². The van der Waals surface area contributed by atoms with Crippen LogP contribution in [0.4, 0.5) is 4.39 Å². The highest BCUT2D eigenvalue weighted by Gasteiger charge is 2.27. The number of nitrogens with zero attached hydrogens (tertiary/aromatic N) is 1. The molecule has 1 saturated heterocycles. The second-order valence-electron chi connectivity index (χ2n) is 4.73. The lowest BCUT2D eigenvalue weighted by Gasteiger charge is -2.31. The van der Waals surface area contributed by atoms with E-state index < -0.39 is 11.9 Å². The molecule has 0 aromatic heterocycles. The third kappa shape index (κ3) is 3.39. The molecule has 0 spiro atoms. The molecule has 1 atom stereocenters. The zero-order chi connectivity index (χ0) is 15.4. The van der Waals surface area contributed by atoms with Crippen LogP contribution in [0.1, 0.15) is 12.5 Å². The van der Waals surface area contributed by atoms with E-state index >= 15 is 0 Å². The molecule has 2 amide bonds. The van der Waals surface area contributed by atoms with Crippen LogP contribution in [0.15, 0.2) is 24.3 Å². The van der Waals surface area contributed by atoms with Gasteiger partial charge in [0.25, 0.3) is 0 Å². The molecule has 1 N–H and O–H groups in total. The van der Waals surface area contributed by atoms with E-state index in [1.54, 1.807) is 13.0 Å². The van der Waals surface area contributed by atoms with Gasteiger partial charge in [-0.25, -0.2) is 4.39 Å². The number of carbonyl (C=O) groups excluding carboxylic acids is 2. The van der Waals surface area contributed by atoms with E-state index in [0.29, 0.717) is 18.7 Å². The first-order valence-corrected chi connectivity index (χ1v) is 6.63. The minimum atomic E-state index is -0.497. The summed E-state index contributed by atoms with van der Waals surface area (Å²) in [7, 11) is 1.39. The summed E-state index contributed by atoms with van der Waals surface area (Å²) in [4.78, 5) is 25.1. The molecular formula is C15H17FN2O3. The summed E-state index contributed by atoms with van der Waals surface area (Å²) in [6, 6.07) is 3.94. The van der Waals surface area contributed by atoms with Crippen LogP contribution in [0, 0.1) is 5.82 Å². The van der Waals surface area contributed by atoms with Gasteiger partial charge in [-0.1, -0.05) is 6.07 Å². The predicted molar refractivity (Wildman–Crippen MR) is 76.2 cm³/mol. The lowest BCUT2D eigenvalue weighted by Crippen LogP contribution is -2.55. The Labute approximate surface area is 122 Å². The Morgan fingerprint density at radius 1 is 1.52 bits per heavy atom. The average Bonchev–Trinajstić information content (AvgIpc) is 2.47. The van der Waals surface area contributed by atoms with Crippen LogP contribution >= 0.6 is 0 Å². The van der Waals surface area contributed by atoms with Gasteiger partial charge in [-0.15, -0.1) is 0 Å². The second-order valence-corrected chi connectivity index (χ2v) is 4.73. The average molecular weight is 292 g/mol. The van der Waals surface area contributed by atoms with Crippen LogP contribution in [0.25, 0.3) is 6.08 Å². The molecule has 1 heterocycles. The van der Waals surface area contributed by atoms with Crippen molar-refractivity contribution in [3.05, 3.63) is 35.7 Å². The smallest absolute Gasteiger partial charge is 0.247 e. The standard InChI is InChI=1S/C15H17FN2O3/c1-10-15(20)17-7-8-18(10)14(19)6-4-11-3-5-13(21-2)12(16)9-11/h3-6,9-10H,7-8H2,1-2H3,(H,17,20). The molecule has 0 aliphatic carbocycles. The van der Waals surface area contributed by atoms with Crippen molar-refractivity contribution in [1.29, 1.82) is 0 Å². The Morgan fingerprint density at radius 2 is 2.29 bits per heavy atom.